The van der Waals surface area contributed by atoms with Crippen LogP contribution >= 0.6 is 7.82 Å². The van der Waals surface area contributed by atoms with Crippen molar-refractivity contribution in [3.8, 4) is 0 Å². The van der Waals surface area contributed by atoms with E-state index in [0.717, 1.165) is 0 Å². The van der Waals surface area contributed by atoms with Gasteiger partial charge in [0, 0.05) is 0 Å². The fraction of sp³-hybridized carbons (Fsp3) is 0. The predicted octanol–water partition coefficient (Wildman–Crippen LogP) is -3.55. The van der Waals surface area contributed by atoms with E-state index in [1.54, 1.807) is 0 Å². The molecular weight excluding hydrogens is 275 g/mol. The minimum absolute atomic E-state index is 0. The first-order chi connectivity index (χ1) is 4.00. The van der Waals surface area contributed by atoms with Crippen molar-refractivity contribution in [1.29, 1.82) is 0 Å². The molecule has 0 saturated heterocycles. The summed E-state index contributed by atoms with van der Waals surface area (Å²) >= 11 is -5.25. The SMILES string of the molecule is O=P([O-])([O-])O.[Cu+2].[O]=[Cr](=[O])([OH])[OH]. The molecule has 0 aliphatic rings. The maximum absolute atomic E-state index is 8.82. The van der Waals surface area contributed by atoms with Gasteiger partial charge in [0.25, 0.3) is 0 Å². The van der Waals surface area contributed by atoms with Gasteiger partial charge in [-0.3, -0.25) is 0 Å². The molecule has 0 rings (SSSR count). The third kappa shape index (κ3) is 1730. The van der Waals surface area contributed by atoms with E-state index in [0.29, 0.717) is 0 Å². The Kier molecular flexibility index (Phi) is 10.0. The molecule has 0 aliphatic heterocycles. The molecule has 0 amide bonds. The Labute approximate surface area is 74.0 Å². The summed E-state index contributed by atoms with van der Waals surface area (Å²) < 4.78 is 40.5. The van der Waals surface area contributed by atoms with Gasteiger partial charge in [-0.2, -0.15) is 0 Å². The fourth-order valence-corrected chi connectivity index (χ4v) is 0. The molecule has 0 spiro atoms. The molecule has 11 heteroatoms. The zero-order chi connectivity index (χ0) is 9.00. The van der Waals surface area contributed by atoms with E-state index in [2.05, 4.69) is 0 Å². The average molecular weight is 278 g/mol. The molecule has 0 aromatic rings. The Hall–Kier alpha value is 0.682. The third-order valence-corrected chi connectivity index (χ3v) is 0. The van der Waals surface area contributed by atoms with Crippen LogP contribution < -0.4 is 9.79 Å². The molecule has 0 atom stereocenters. The van der Waals surface area contributed by atoms with Crippen molar-refractivity contribution < 1.29 is 65.9 Å². The Bertz CT molecular complexity index is 192. The molecule has 0 unspecified atom stereocenters. The summed E-state index contributed by atoms with van der Waals surface area (Å²) in [6.07, 6.45) is 0. The summed E-state index contributed by atoms with van der Waals surface area (Å²) in [6.45, 7) is 0. The number of hydrogen-bond acceptors (Lipinski definition) is 5. The summed E-state index contributed by atoms with van der Waals surface area (Å²) in [5.41, 5.74) is 0. The summed E-state index contributed by atoms with van der Waals surface area (Å²) in [6, 6.07) is 0. The Balaban J connectivity index is -0.000000107. The van der Waals surface area contributed by atoms with Crippen LogP contribution in [-0.2, 0) is 42.9 Å². The molecule has 0 saturated carbocycles. The predicted molar refractivity (Wildman–Crippen MR) is 15.6 cm³/mol. The van der Waals surface area contributed by atoms with Gasteiger partial charge in [0.05, 0.1) is 7.82 Å². The standard InChI is InChI=1S/Cr.Cu.H3O4P.2H2O.2O/c;;1-5(2,3)4;;;;/h;;(H3,1,2,3,4);2*1H2;;/q2*+2;;;;;/p-4. The van der Waals surface area contributed by atoms with Crippen LogP contribution in [0.25, 0.3) is 0 Å². The van der Waals surface area contributed by atoms with Crippen LogP contribution in [-0.4, -0.2) is 13.2 Å². The molecule has 73 valence electrons. The van der Waals surface area contributed by atoms with Gasteiger partial charge in [0.2, 0.25) is 0 Å². The molecule has 0 aromatic carbocycles. The Morgan fingerprint density at radius 3 is 1.18 bits per heavy atom. The molecule has 8 nitrogen and oxygen atoms in total. The number of hydrogen-bond donors (Lipinski definition) is 3. The quantitative estimate of drug-likeness (QED) is 0.303. The zero-order valence-electron chi connectivity index (χ0n) is 4.54. The molecule has 1 radical (unpaired) electrons. The Morgan fingerprint density at radius 1 is 1.18 bits per heavy atom. The topological polar surface area (TPSA) is 158 Å². The molecule has 0 bridgehead atoms. The first-order valence-electron chi connectivity index (χ1n) is 1.45. The van der Waals surface area contributed by atoms with Crippen LogP contribution in [0.3, 0.4) is 0 Å². The van der Waals surface area contributed by atoms with E-state index < -0.39 is 21.4 Å². The second-order valence-corrected chi connectivity index (χ2v) is 3.25. The van der Waals surface area contributed by atoms with E-state index in [1.165, 1.54) is 0 Å². The van der Waals surface area contributed by atoms with E-state index in [1.807, 2.05) is 0 Å². The first-order valence-corrected chi connectivity index (χ1v) is 5.12. The van der Waals surface area contributed by atoms with Crippen molar-refractivity contribution in [1.82, 2.24) is 0 Å². The van der Waals surface area contributed by atoms with Crippen molar-refractivity contribution in [2.24, 2.45) is 0 Å². The zero-order valence-corrected chi connectivity index (χ0v) is 7.65. The van der Waals surface area contributed by atoms with Gasteiger partial charge < -0.3 is 19.2 Å². The fourth-order valence-electron chi connectivity index (χ4n) is 0. The van der Waals surface area contributed by atoms with Crippen molar-refractivity contribution in [2.45, 2.75) is 0 Å². The summed E-state index contributed by atoms with van der Waals surface area (Å²) in [5.74, 6) is 0. The van der Waals surface area contributed by atoms with Crippen molar-refractivity contribution in [3.05, 3.63) is 0 Å². The molecule has 3 N–H and O–H groups in total. The van der Waals surface area contributed by atoms with Crippen LogP contribution in [0.4, 0.5) is 0 Å². The van der Waals surface area contributed by atoms with Crippen LogP contribution in [0.2, 0.25) is 0 Å². The molecule has 0 aliphatic carbocycles. The van der Waals surface area contributed by atoms with E-state index in [9.17, 15) is 0 Å². The van der Waals surface area contributed by atoms with Crippen molar-refractivity contribution in [3.63, 3.8) is 0 Å². The van der Waals surface area contributed by atoms with E-state index in [-0.39, 0.29) is 17.1 Å². The number of rotatable bonds is 0. The summed E-state index contributed by atoms with van der Waals surface area (Å²) in [7, 11) is -5.14. The van der Waals surface area contributed by atoms with Crippen LogP contribution in [0.5, 0.6) is 0 Å². The first kappa shape index (κ1) is 17.7. The van der Waals surface area contributed by atoms with Gasteiger partial charge in [0.1, 0.15) is 0 Å². The normalized spacial score (nSPS) is 10.6. The van der Waals surface area contributed by atoms with Crippen molar-refractivity contribution >= 4 is 7.82 Å². The van der Waals surface area contributed by atoms with Crippen LogP contribution in [0, 0.1) is 0 Å². The molecule has 0 heterocycles. The molecule has 0 aromatic heterocycles. The second-order valence-electron chi connectivity index (χ2n) is 0.916. The van der Waals surface area contributed by atoms with Crippen molar-refractivity contribution in [2.75, 3.05) is 0 Å². The summed E-state index contributed by atoms with van der Waals surface area (Å²) in [5, 5.41) is 0. The van der Waals surface area contributed by atoms with Crippen LogP contribution in [0.15, 0.2) is 0 Å². The molecule has 0 fully saturated rings. The van der Waals surface area contributed by atoms with Gasteiger partial charge in [-0.1, -0.05) is 0 Å². The van der Waals surface area contributed by atoms with Gasteiger partial charge in [-0.05, 0) is 0 Å². The summed E-state index contributed by atoms with van der Waals surface area (Å²) in [4.78, 5) is 24.3. The van der Waals surface area contributed by atoms with Crippen LogP contribution in [0.1, 0.15) is 0 Å². The van der Waals surface area contributed by atoms with Gasteiger partial charge in [-0.25, -0.2) is 0 Å². The minimum atomic E-state index is -5.25. The van der Waals surface area contributed by atoms with E-state index >= 15 is 0 Å². The number of phosphoric acid groups is 1. The monoisotopic (exact) mass is 277 g/mol. The second kappa shape index (κ2) is 6.23. The Morgan fingerprint density at radius 2 is 1.18 bits per heavy atom. The average Bonchev–Trinajstić information content (AvgIpc) is 1.12. The van der Waals surface area contributed by atoms with Gasteiger partial charge in [0.15, 0.2) is 0 Å². The molecular formula is H3CrCuO8P. The van der Waals surface area contributed by atoms with Gasteiger partial charge >= 0.3 is 46.6 Å². The van der Waals surface area contributed by atoms with E-state index in [4.69, 9.17) is 35.2 Å². The molecule has 11 heavy (non-hydrogen) atoms. The van der Waals surface area contributed by atoms with Gasteiger partial charge in [-0.15, -0.1) is 0 Å². The third-order valence-electron chi connectivity index (χ3n) is 0. The maximum atomic E-state index is 8.82.